The quantitative estimate of drug-likeness (QED) is 0.821. The lowest BCUT2D eigenvalue weighted by atomic mass is 10.3. The minimum atomic E-state index is -3.99. The van der Waals surface area contributed by atoms with Gasteiger partial charge >= 0.3 is 10.1 Å². The van der Waals surface area contributed by atoms with Crippen LogP contribution in [0.15, 0.2) is 53.4 Å². The fraction of sp³-hybridized carbons (Fsp3) is 0.188. The average Bonchev–Trinajstić information content (AvgIpc) is 2.49. The molecule has 0 aromatic heterocycles. The maximum atomic E-state index is 12.3. The van der Waals surface area contributed by atoms with E-state index in [4.69, 9.17) is 8.92 Å². The maximum Gasteiger partial charge on any atom is 0.339 e. The highest BCUT2D eigenvalue weighted by Gasteiger charge is 2.19. The molecule has 2 aromatic carbocycles. The van der Waals surface area contributed by atoms with E-state index >= 15 is 0 Å². The van der Waals surface area contributed by atoms with Gasteiger partial charge in [0.15, 0.2) is 11.5 Å². The summed E-state index contributed by atoms with van der Waals surface area (Å²) in [5.41, 5.74) is 0.506. The predicted molar refractivity (Wildman–Crippen MR) is 86.2 cm³/mol. The van der Waals surface area contributed by atoms with Crippen LogP contribution in [0.2, 0.25) is 0 Å². The molecule has 0 radical (unpaired) electrons. The fourth-order valence-electron chi connectivity index (χ4n) is 1.87. The van der Waals surface area contributed by atoms with E-state index in [0.29, 0.717) is 18.0 Å². The van der Waals surface area contributed by atoms with Gasteiger partial charge in [-0.2, -0.15) is 8.42 Å². The van der Waals surface area contributed by atoms with E-state index < -0.39 is 10.1 Å². The second-order valence-electron chi connectivity index (χ2n) is 4.62. The summed E-state index contributed by atoms with van der Waals surface area (Å²) in [6, 6.07) is 12.3. The van der Waals surface area contributed by atoms with E-state index in [1.807, 2.05) is 0 Å². The number of benzene rings is 2. The Hall–Kier alpha value is -2.54. The zero-order chi connectivity index (χ0) is 16.9. The van der Waals surface area contributed by atoms with Crippen molar-refractivity contribution in [1.82, 2.24) is 0 Å². The molecule has 1 amide bonds. The third-order valence-electron chi connectivity index (χ3n) is 2.81. The molecule has 0 saturated heterocycles. The van der Waals surface area contributed by atoms with Crippen LogP contribution in [0, 0.1) is 0 Å². The van der Waals surface area contributed by atoms with Crippen LogP contribution in [0.3, 0.4) is 0 Å². The van der Waals surface area contributed by atoms with Gasteiger partial charge in [-0.3, -0.25) is 4.79 Å². The first-order chi connectivity index (χ1) is 10.9. The molecule has 0 fully saturated rings. The molecule has 0 aliphatic carbocycles. The number of hydrogen-bond acceptors (Lipinski definition) is 5. The summed E-state index contributed by atoms with van der Waals surface area (Å²) in [7, 11) is -3.99. The summed E-state index contributed by atoms with van der Waals surface area (Å²) >= 11 is 0. The first kappa shape index (κ1) is 16.8. The molecule has 6 nitrogen and oxygen atoms in total. The van der Waals surface area contributed by atoms with Crippen LogP contribution in [0.4, 0.5) is 5.69 Å². The van der Waals surface area contributed by atoms with E-state index in [2.05, 4.69) is 5.32 Å². The number of carbonyl (C=O) groups excluding carboxylic acids is 1. The first-order valence-electron chi connectivity index (χ1n) is 6.96. The van der Waals surface area contributed by atoms with Gasteiger partial charge in [0.2, 0.25) is 5.91 Å². The van der Waals surface area contributed by atoms with Crippen molar-refractivity contribution in [2.45, 2.75) is 18.7 Å². The summed E-state index contributed by atoms with van der Waals surface area (Å²) in [6.45, 7) is 3.57. The van der Waals surface area contributed by atoms with E-state index in [1.165, 1.54) is 37.3 Å². The molecule has 2 rings (SSSR count). The molecule has 23 heavy (non-hydrogen) atoms. The summed E-state index contributed by atoms with van der Waals surface area (Å²) < 4.78 is 35.1. The Kier molecular flexibility index (Phi) is 5.23. The predicted octanol–water partition coefficient (Wildman–Crippen LogP) is 2.81. The number of rotatable bonds is 6. The van der Waals surface area contributed by atoms with Gasteiger partial charge in [-0.05, 0) is 43.3 Å². The van der Waals surface area contributed by atoms with Crippen LogP contribution in [0.25, 0.3) is 0 Å². The standard InChI is InChI=1S/C16H17NO5S/c1-3-21-15-6-4-5-7-16(15)22-23(19,20)14-10-8-13(9-11-14)17-12(2)18/h4-11H,3H2,1-2H3,(H,17,18). The highest BCUT2D eigenvalue weighted by atomic mass is 32.2. The third kappa shape index (κ3) is 4.46. The van der Waals surface area contributed by atoms with Crippen LogP contribution in [-0.4, -0.2) is 20.9 Å². The number of anilines is 1. The highest BCUT2D eigenvalue weighted by molar-refractivity contribution is 7.87. The molecular formula is C16H17NO5S. The van der Waals surface area contributed by atoms with Crippen molar-refractivity contribution < 1.29 is 22.1 Å². The van der Waals surface area contributed by atoms with Crippen molar-refractivity contribution in [1.29, 1.82) is 0 Å². The minimum absolute atomic E-state index is 0.0158. The van der Waals surface area contributed by atoms with Gasteiger partial charge in [-0.15, -0.1) is 0 Å². The summed E-state index contributed by atoms with van der Waals surface area (Å²) in [4.78, 5) is 11.0. The van der Waals surface area contributed by atoms with Gasteiger partial charge < -0.3 is 14.2 Å². The molecule has 2 aromatic rings. The topological polar surface area (TPSA) is 81.7 Å². The van der Waals surface area contributed by atoms with Crippen LogP contribution < -0.4 is 14.2 Å². The molecule has 0 unspecified atom stereocenters. The monoisotopic (exact) mass is 335 g/mol. The molecule has 7 heteroatoms. The molecule has 0 heterocycles. The molecule has 1 N–H and O–H groups in total. The molecule has 0 atom stereocenters. The molecule has 0 aliphatic heterocycles. The van der Waals surface area contributed by atoms with Gasteiger partial charge in [-0.1, -0.05) is 12.1 Å². The van der Waals surface area contributed by atoms with E-state index in [1.54, 1.807) is 25.1 Å². The second-order valence-corrected chi connectivity index (χ2v) is 6.17. The summed E-state index contributed by atoms with van der Waals surface area (Å²) in [5, 5.41) is 2.56. The number of nitrogens with one attached hydrogen (secondary N) is 1. The molecule has 0 aliphatic rings. The lowest BCUT2D eigenvalue weighted by Crippen LogP contribution is -2.11. The SMILES string of the molecule is CCOc1ccccc1OS(=O)(=O)c1ccc(NC(C)=O)cc1. The first-order valence-corrected chi connectivity index (χ1v) is 8.37. The summed E-state index contributed by atoms with van der Waals surface area (Å²) in [6.07, 6.45) is 0. The largest absolute Gasteiger partial charge is 0.490 e. The number of carbonyl (C=O) groups is 1. The lowest BCUT2D eigenvalue weighted by Gasteiger charge is -2.11. The van der Waals surface area contributed by atoms with Crippen molar-refractivity contribution in [3.63, 3.8) is 0 Å². The van der Waals surface area contributed by atoms with E-state index in [9.17, 15) is 13.2 Å². The molecule has 0 saturated carbocycles. The Balaban J connectivity index is 2.23. The van der Waals surface area contributed by atoms with Crippen molar-refractivity contribution in [3.05, 3.63) is 48.5 Å². The highest BCUT2D eigenvalue weighted by Crippen LogP contribution is 2.29. The van der Waals surface area contributed by atoms with Gasteiger partial charge in [0, 0.05) is 12.6 Å². The minimum Gasteiger partial charge on any atom is -0.490 e. The second kappa shape index (κ2) is 7.15. The van der Waals surface area contributed by atoms with Crippen molar-refractivity contribution in [2.75, 3.05) is 11.9 Å². The van der Waals surface area contributed by atoms with Crippen molar-refractivity contribution in [3.8, 4) is 11.5 Å². The van der Waals surface area contributed by atoms with Gasteiger partial charge in [-0.25, -0.2) is 0 Å². The Morgan fingerprint density at radius 3 is 2.22 bits per heavy atom. The number of ether oxygens (including phenoxy) is 1. The van der Waals surface area contributed by atoms with Gasteiger partial charge in [0.1, 0.15) is 4.90 Å². The number of amides is 1. The van der Waals surface area contributed by atoms with Crippen LogP contribution in [-0.2, 0) is 14.9 Å². The number of hydrogen-bond donors (Lipinski definition) is 1. The van der Waals surface area contributed by atoms with Crippen molar-refractivity contribution in [2.24, 2.45) is 0 Å². The summed E-state index contributed by atoms with van der Waals surface area (Å²) in [5.74, 6) is 0.247. The Morgan fingerprint density at radius 1 is 1.04 bits per heavy atom. The lowest BCUT2D eigenvalue weighted by molar-refractivity contribution is -0.114. The molecular weight excluding hydrogens is 318 g/mol. The maximum absolute atomic E-state index is 12.3. The number of para-hydroxylation sites is 2. The zero-order valence-electron chi connectivity index (χ0n) is 12.8. The van der Waals surface area contributed by atoms with Crippen molar-refractivity contribution >= 4 is 21.7 Å². The van der Waals surface area contributed by atoms with Crippen LogP contribution in [0.1, 0.15) is 13.8 Å². The van der Waals surface area contributed by atoms with Gasteiger partial charge in [0.25, 0.3) is 0 Å². The zero-order valence-corrected chi connectivity index (χ0v) is 13.6. The Labute approximate surface area is 135 Å². The van der Waals surface area contributed by atoms with E-state index in [0.717, 1.165) is 0 Å². The fourth-order valence-corrected chi connectivity index (χ4v) is 2.81. The average molecular weight is 335 g/mol. The Morgan fingerprint density at radius 2 is 1.65 bits per heavy atom. The van der Waals surface area contributed by atoms with Crippen LogP contribution in [0.5, 0.6) is 11.5 Å². The van der Waals surface area contributed by atoms with Gasteiger partial charge in [0.05, 0.1) is 6.61 Å². The molecule has 122 valence electrons. The van der Waals surface area contributed by atoms with E-state index in [-0.39, 0.29) is 16.6 Å². The molecule has 0 spiro atoms. The normalized spacial score (nSPS) is 10.9. The Bertz CT molecular complexity index is 784. The smallest absolute Gasteiger partial charge is 0.339 e. The van der Waals surface area contributed by atoms with Crippen LogP contribution >= 0.6 is 0 Å². The third-order valence-corrected chi connectivity index (χ3v) is 4.06. The molecule has 0 bridgehead atoms.